The van der Waals surface area contributed by atoms with Gasteiger partial charge in [0.1, 0.15) is 5.82 Å². The lowest BCUT2D eigenvalue weighted by Crippen LogP contribution is -2.39. The molecule has 2 rings (SSSR count). The number of anilines is 1. The lowest BCUT2D eigenvalue weighted by atomic mass is 10.1. The van der Waals surface area contributed by atoms with E-state index >= 15 is 0 Å². The smallest absolute Gasteiger partial charge is 0.133 e. The van der Waals surface area contributed by atoms with Crippen LogP contribution in [0.3, 0.4) is 0 Å². The Labute approximate surface area is 108 Å². The van der Waals surface area contributed by atoms with Crippen LogP contribution in [0.5, 0.6) is 0 Å². The fourth-order valence-corrected chi connectivity index (χ4v) is 3.37. The van der Waals surface area contributed by atoms with E-state index in [0.717, 1.165) is 29.7 Å². The number of hydrogen-bond donors (Lipinski definition) is 1. The van der Waals surface area contributed by atoms with Crippen molar-refractivity contribution < 1.29 is 0 Å². The van der Waals surface area contributed by atoms with Crippen LogP contribution in [0.4, 0.5) is 5.82 Å². The van der Waals surface area contributed by atoms with Crippen molar-refractivity contribution in [3.63, 3.8) is 0 Å². The summed E-state index contributed by atoms with van der Waals surface area (Å²) in [5, 5.41) is 0.728. The van der Waals surface area contributed by atoms with Gasteiger partial charge < -0.3 is 10.6 Å². The maximum absolute atomic E-state index is 6.02. The third kappa shape index (κ3) is 2.93. The molecule has 1 aromatic rings. The van der Waals surface area contributed by atoms with Gasteiger partial charge in [0.05, 0.1) is 0 Å². The van der Waals surface area contributed by atoms with Crippen LogP contribution in [-0.2, 0) is 0 Å². The van der Waals surface area contributed by atoms with Gasteiger partial charge in [-0.2, -0.15) is 11.8 Å². The zero-order chi connectivity index (χ0) is 12.3. The van der Waals surface area contributed by atoms with Crippen molar-refractivity contribution in [2.75, 3.05) is 23.7 Å². The molecule has 1 aromatic heterocycles. The van der Waals surface area contributed by atoms with Crippen LogP contribution < -0.4 is 10.6 Å². The van der Waals surface area contributed by atoms with E-state index in [-0.39, 0.29) is 6.04 Å². The molecule has 2 heterocycles. The molecule has 0 saturated carbocycles. The predicted molar refractivity (Wildman–Crippen MR) is 75.6 cm³/mol. The van der Waals surface area contributed by atoms with E-state index < -0.39 is 0 Å². The number of nitrogens with zero attached hydrogens (tertiary/aromatic N) is 2. The van der Waals surface area contributed by atoms with E-state index in [2.05, 4.69) is 34.6 Å². The number of thioether (sulfide) groups is 1. The zero-order valence-corrected chi connectivity index (χ0v) is 11.4. The van der Waals surface area contributed by atoms with E-state index in [4.69, 9.17) is 5.73 Å². The van der Waals surface area contributed by atoms with Crippen LogP contribution in [0.15, 0.2) is 18.3 Å². The van der Waals surface area contributed by atoms with Crippen LogP contribution in [0, 0.1) is 0 Å². The first-order valence-electron chi connectivity index (χ1n) is 6.29. The van der Waals surface area contributed by atoms with Crippen molar-refractivity contribution in [1.82, 2.24) is 4.98 Å². The Morgan fingerprint density at radius 1 is 1.65 bits per heavy atom. The van der Waals surface area contributed by atoms with Crippen LogP contribution in [0.1, 0.15) is 31.9 Å². The maximum Gasteiger partial charge on any atom is 0.133 e. The minimum Gasteiger partial charge on any atom is -0.354 e. The molecule has 94 valence electrons. The van der Waals surface area contributed by atoms with Crippen molar-refractivity contribution in [3.8, 4) is 0 Å². The van der Waals surface area contributed by atoms with Gasteiger partial charge in [-0.05, 0) is 19.4 Å². The van der Waals surface area contributed by atoms with Crippen LogP contribution in [0.25, 0.3) is 0 Å². The van der Waals surface area contributed by atoms with Crippen molar-refractivity contribution >= 4 is 17.6 Å². The largest absolute Gasteiger partial charge is 0.354 e. The molecule has 0 spiro atoms. The SMILES string of the molecule is CCC1CN(c2ncccc2[C@H](C)N)CCS1. The average molecular weight is 251 g/mol. The highest BCUT2D eigenvalue weighted by Crippen LogP contribution is 2.28. The number of pyridine rings is 1. The van der Waals surface area contributed by atoms with Crippen molar-refractivity contribution in [2.45, 2.75) is 31.6 Å². The lowest BCUT2D eigenvalue weighted by molar-refractivity contribution is 0.705. The molecular formula is C13H21N3S. The molecule has 1 aliphatic rings. The van der Waals surface area contributed by atoms with Gasteiger partial charge >= 0.3 is 0 Å². The van der Waals surface area contributed by atoms with Gasteiger partial charge in [0.15, 0.2) is 0 Å². The Hall–Kier alpha value is -0.740. The van der Waals surface area contributed by atoms with Crippen molar-refractivity contribution in [3.05, 3.63) is 23.9 Å². The number of nitrogens with two attached hydrogens (primary N) is 1. The third-order valence-electron chi connectivity index (χ3n) is 3.20. The molecule has 4 heteroatoms. The van der Waals surface area contributed by atoms with Crippen LogP contribution >= 0.6 is 11.8 Å². The third-order valence-corrected chi connectivity index (χ3v) is 4.57. The molecule has 0 radical (unpaired) electrons. The number of hydrogen-bond acceptors (Lipinski definition) is 4. The summed E-state index contributed by atoms with van der Waals surface area (Å²) in [4.78, 5) is 6.92. The minimum absolute atomic E-state index is 0.0494. The highest BCUT2D eigenvalue weighted by Gasteiger charge is 2.22. The quantitative estimate of drug-likeness (QED) is 0.896. The summed E-state index contributed by atoms with van der Waals surface area (Å²) in [6.07, 6.45) is 3.09. The van der Waals surface area contributed by atoms with E-state index in [1.807, 2.05) is 19.2 Å². The lowest BCUT2D eigenvalue weighted by Gasteiger charge is -2.34. The topological polar surface area (TPSA) is 42.2 Å². The molecular weight excluding hydrogens is 230 g/mol. The Kier molecular flexibility index (Phi) is 4.29. The molecule has 1 fully saturated rings. The van der Waals surface area contributed by atoms with Gasteiger partial charge in [0.25, 0.3) is 0 Å². The summed E-state index contributed by atoms with van der Waals surface area (Å²) in [5.41, 5.74) is 7.18. The maximum atomic E-state index is 6.02. The van der Waals surface area contributed by atoms with Gasteiger partial charge in [0.2, 0.25) is 0 Å². The van der Waals surface area contributed by atoms with Crippen LogP contribution in [-0.4, -0.2) is 29.1 Å². The number of rotatable bonds is 3. The molecule has 1 saturated heterocycles. The van der Waals surface area contributed by atoms with Gasteiger partial charge in [-0.1, -0.05) is 13.0 Å². The van der Waals surface area contributed by atoms with E-state index in [1.54, 1.807) is 0 Å². The summed E-state index contributed by atoms with van der Waals surface area (Å²) in [7, 11) is 0. The Balaban J connectivity index is 2.21. The van der Waals surface area contributed by atoms with Crippen LogP contribution in [0.2, 0.25) is 0 Å². The van der Waals surface area contributed by atoms with E-state index in [0.29, 0.717) is 0 Å². The highest BCUT2D eigenvalue weighted by molar-refractivity contribution is 8.00. The Morgan fingerprint density at radius 3 is 3.18 bits per heavy atom. The van der Waals surface area contributed by atoms with Gasteiger partial charge in [-0.25, -0.2) is 4.98 Å². The molecule has 0 bridgehead atoms. The Bertz CT molecular complexity index is 367. The second kappa shape index (κ2) is 5.74. The predicted octanol–water partition coefficient (Wildman–Crippen LogP) is 2.43. The normalized spacial score (nSPS) is 22.5. The fourth-order valence-electron chi connectivity index (χ4n) is 2.19. The van der Waals surface area contributed by atoms with Gasteiger partial charge in [0, 0.05) is 41.9 Å². The first-order valence-corrected chi connectivity index (χ1v) is 7.34. The Morgan fingerprint density at radius 2 is 2.47 bits per heavy atom. The summed E-state index contributed by atoms with van der Waals surface area (Å²) in [6, 6.07) is 4.11. The van der Waals surface area contributed by atoms with Gasteiger partial charge in [-0.3, -0.25) is 0 Å². The average Bonchev–Trinajstić information content (AvgIpc) is 2.39. The second-order valence-corrected chi connectivity index (χ2v) is 5.96. The summed E-state index contributed by atoms with van der Waals surface area (Å²) in [6.45, 7) is 6.46. The fraction of sp³-hybridized carbons (Fsp3) is 0.615. The monoisotopic (exact) mass is 251 g/mol. The first-order chi connectivity index (χ1) is 8.22. The van der Waals surface area contributed by atoms with Crippen molar-refractivity contribution in [1.29, 1.82) is 0 Å². The standard InChI is InChI=1S/C13H21N3S/c1-3-11-9-16(7-8-17-11)13-12(10(2)14)5-4-6-15-13/h4-6,10-11H,3,7-9,14H2,1-2H3/t10-,11?/m0/s1. The summed E-state index contributed by atoms with van der Waals surface area (Å²) in [5.74, 6) is 2.27. The molecule has 2 atom stereocenters. The molecule has 3 nitrogen and oxygen atoms in total. The first kappa shape index (κ1) is 12.7. The van der Waals surface area contributed by atoms with E-state index in [1.165, 1.54) is 12.2 Å². The highest BCUT2D eigenvalue weighted by atomic mass is 32.2. The summed E-state index contributed by atoms with van der Waals surface area (Å²) >= 11 is 2.08. The van der Waals surface area contributed by atoms with E-state index in [9.17, 15) is 0 Å². The second-order valence-electron chi connectivity index (χ2n) is 4.55. The number of aromatic nitrogens is 1. The van der Waals surface area contributed by atoms with Gasteiger partial charge in [-0.15, -0.1) is 0 Å². The molecule has 1 unspecified atom stereocenters. The molecule has 2 N–H and O–H groups in total. The van der Waals surface area contributed by atoms with Crippen molar-refractivity contribution in [2.24, 2.45) is 5.73 Å². The molecule has 17 heavy (non-hydrogen) atoms. The summed E-state index contributed by atoms with van der Waals surface area (Å²) < 4.78 is 0. The molecule has 0 aromatic carbocycles. The molecule has 0 amide bonds. The minimum atomic E-state index is 0.0494. The zero-order valence-electron chi connectivity index (χ0n) is 10.6. The molecule has 1 aliphatic heterocycles. The molecule has 0 aliphatic carbocycles.